The fourth-order valence-corrected chi connectivity index (χ4v) is 8.98. The van der Waals surface area contributed by atoms with E-state index in [2.05, 4.69) is 19.9 Å². The number of esters is 2. The van der Waals surface area contributed by atoms with Crippen molar-refractivity contribution in [1.82, 2.24) is 0 Å². The van der Waals surface area contributed by atoms with E-state index >= 15 is 0 Å². The fraction of sp³-hybridized carbons (Fsp3) is 0.922. The van der Waals surface area contributed by atoms with Gasteiger partial charge in [0.2, 0.25) is 0 Å². The van der Waals surface area contributed by atoms with Gasteiger partial charge in [-0.25, -0.2) is 0 Å². The number of aliphatic hydroxyl groups is 3. The van der Waals surface area contributed by atoms with Crippen LogP contribution in [0, 0.1) is 0 Å². The summed E-state index contributed by atoms with van der Waals surface area (Å²) in [5, 5.41) is 31.0. The quantitative estimate of drug-likeness (QED) is 0.0196. The third kappa shape index (κ3) is 35.6. The van der Waals surface area contributed by atoms with Crippen LogP contribution in [0.5, 0.6) is 0 Å². The van der Waals surface area contributed by atoms with E-state index in [0.29, 0.717) is 12.8 Å². The topological polar surface area (TPSA) is 186 Å². The van der Waals surface area contributed by atoms with Gasteiger partial charge in [0.1, 0.15) is 36.8 Å². The van der Waals surface area contributed by atoms with Crippen LogP contribution in [0.2, 0.25) is 0 Å². The molecule has 6 atom stereocenters. The molecule has 0 aliphatic carbocycles. The average molecular weight is 933 g/mol. The summed E-state index contributed by atoms with van der Waals surface area (Å²) in [7, 11) is -4.60. The molecule has 378 valence electrons. The molecule has 2 unspecified atom stereocenters. The molecule has 1 fully saturated rings. The van der Waals surface area contributed by atoms with E-state index in [1.807, 2.05) is 6.08 Å². The molecule has 13 heteroatoms. The van der Waals surface area contributed by atoms with Crippen LogP contribution < -0.4 is 0 Å². The van der Waals surface area contributed by atoms with Crippen molar-refractivity contribution in [1.29, 1.82) is 0 Å². The number of ether oxygens (including phenoxy) is 4. The van der Waals surface area contributed by atoms with Gasteiger partial charge in [-0.3, -0.25) is 14.1 Å². The zero-order valence-electron chi connectivity index (χ0n) is 40.7. The monoisotopic (exact) mass is 933 g/mol. The Balaban J connectivity index is 2.36. The number of allylic oxidation sites excluding steroid dienone is 2. The number of rotatable bonds is 45. The van der Waals surface area contributed by atoms with Crippen LogP contribution in [-0.2, 0) is 38.7 Å². The van der Waals surface area contributed by atoms with E-state index in [1.54, 1.807) is 0 Å². The Labute approximate surface area is 390 Å². The maximum Gasteiger partial charge on any atom is 0.306 e. The van der Waals surface area contributed by atoms with Crippen LogP contribution in [0.25, 0.3) is 0 Å². The Bertz CT molecular complexity index is 1230. The van der Waals surface area contributed by atoms with E-state index in [4.69, 9.17) is 18.9 Å². The van der Waals surface area contributed by atoms with Gasteiger partial charge >= 0.3 is 11.9 Å². The van der Waals surface area contributed by atoms with Crippen molar-refractivity contribution in [2.45, 2.75) is 282 Å². The molecule has 12 nitrogen and oxygen atoms in total. The first kappa shape index (κ1) is 60.4. The summed E-state index contributed by atoms with van der Waals surface area (Å²) < 4.78 is 54.2. The van der Waals surface area contributed by atoms with Crippen molar-refractivity contribution in [3.63, 3.8) is 0 Å². The first-order valence-electron chi connectivity index (χ1n) is 26.2. The molecular formula is C51H96O12S. The smallest absolute Gasteiger partial charge is 0.306 e. The molecule has 0 saturated carbocycles. The van der Waals surface area contributed by atoms with Gasteiger partial charge in [-0.05, 0) is 25.7 Å². The van der Waals surface area contributed by atoms with Crippen LogP contribution >= 0.6 is 0 Å². The summed E-state index contributed by atoms with van der Waals surface area (Å²) in [6, 6.07) is 0. The largest absolute Gasteiger partial charge is 0.462 e. The van der Waals surface area contributed by atoms with E-state index in [-0.39, 0.29) is 19.4 Å². The molecular weight excluding hydrogens is 837 g/mol. The molecule has 0 spiro atoms. The molecule has 4 N–H and O–H groups in total. The number of aliphatic hydroxyl groups excluding tert-OH is 3. The highest BCUT2D eigenvalue weighted by Gasteiger charge is 2.46. The van der Waals surface area contributed by atoms with E-state index in [0.717, 1.165) is 32.1 Å². The van der Waals surface area contributed by atoms with E-state index in [1.165, 1.54) is 173 Å². The molecule has 1 rings (SSSR count). The van der Waals surface area contributed by atoms with Crippen molar-refractivity contribution in [2.75, 3.05) is 19.0 Å². The Kier molecular flexibility index (Phi) is 39.2. The second-order valence-electron chi connectivity index (χ2n) is 18.5. The second-order valence-corrected chi connectivity index (χ2v) is 20.0. The van der Waals surface area contributed by atoms with Gasteiger partial charge in [-0.2, -0.15) is 8.42 Å². The van der Waals surface area contributed by atoms with Gasteiger partial charge in [0.05, 0.1) is 6.61 Å². The molecule has 0 bridgehead atoms. The SMILES string of the molecule is CCCCCCCCCCCCC/C=C/CCC(=O)OC[C@H](CO[C@H]1O[C@H](CS(=O)(=O)O)[C@@H](O)C(O)C1O)OC(=O)CCCCCCCCCCCCCCCCCCCCCCC. The summed E-state index contributed by atoms with van der Waals surface area (Å²) in [6.07, 6.45) is 37.0. The normalized spacial score (nSPS) is 19.6. The van der Waals surface area contributed by atoms with Gasteiger partial charge in [-0.1, -0.05) is 219 Å². The Hall–Kier alpha value is -1.61. The summed E-state index contributed by atoms with van der Waals surface area (Å²) >= 11 is 0. The molecule has 0 amide bonds. The van der Waals surface area contributed by atoms with Gasteiger partial charge < -0.3 is 34.3 Å². The van der Waals surface area contributed by atoms with Crippen molar-refractivity contribution in [3.05, 3.63) is 12.2 Å². The summed E-state index contributed by atoms with van der Waals surface area (Å²) in [6.45, 7) is 3.77. The Morgan fingerprint density at radius 1 is 0.516 bits per heavy atom. The Morgan fingerprint density at radius 3 is 1.36 bits per heavy atom. The number of unbranched alkanes of at least 4 members (excludes halogenated alkanes) is 31. The summed E-state index contributed by atoms with van der Waals surface area (Å²) in [5.74, 6) is -2.02. The van der Waals surface area contributed by atoms with Crippen LogP contribution in [0.3, 0.4) is 0 Å². The lowest BCUT2D eigenvalue weighted by Crippen LogP contribution is -2.60. The highest BCUT2D eigenvalue weighted by molar-refractivity contribution is 7.85. The molecule has 0 aromatic carbocycles. The third-order valence-corrected chi connectivity index (χ3v) is 13.1. The lowest BCUT2D eigenvalue weighted by atomic mass is 10.00. The van der Waals surface area contributed by atoms with Gasteiger partial charge in [-0.15, -0.1) is 0 Å². The fourth-order valence-electron chi connectivity index (χ4n) is 8.29. The first-order valence-corrected chi connectivity index (χ1v) is 27.9. The van der Waals surface area contributed by atoms with E-state index in [9.17, 15) is 37.9 Å². The van der Waals surface area contributed by atoms with Crippen LogP contribution in [0.15, 0.2) is 12.2 Å². The summed E-state index contributed by atoms with van der Waals surface area (Å²) in [4.78, 5) is 25.5. The molecule has 0 radical (unpaired) electrons. The lowest BCUT2D eigenvalue weighted by Gasteiger charge is -2.40. The predicted octanol–water partition coefficient (Wildman–Crippen LogP) is 11.8. The predicted molar refractivity (Wildman–Crippen MR) is 257 cm³/mol. The first-order chi connectivity index (χ1) is 31.0. The molecule has 1 heterocycles. The lowest BCUT2D eigenvalue weighted by molar-refractivity contribution is -0.297. The average Bonchev–Trinajstić information content (AvgIpc) is 3.26. The highest BCUT2D eigenvalue weighted by atomic mass is 32.2. The molecule has 64 heavy (non-hydrogen) atoms. The van der Waals surface area contributed by atoms with Gasteiger partial charge in [0, 0.05) is 12.8 Å². The number of hydrogen-bond donors (Lipinski definition) is 4. The van der Waals surface area contributed by atoms with E-state index < -0.39 is 71.2 Å². The molecule has 0 aromatic rings. The highest BCUT2D eigenvalue weighted by Crippen LogP contribution is 2.24. The molecule has 1 aliphatic heterocycles. The minimum atomic E-state index is -4.60. The summed E-state index contributed by atoms with van der Waals surface area (Å²) in [5.41, 5.74) is 0. The van der Waals surface area contributed by atoms with Crippen molar-refractivity contribution in [3.8, 4) is 0 Å². The van der Waals surface area contributed by atoms with Crippen LogP contribution in [0.1, 0.15) is 245 Å². The number of carbonyl (C=O) groups excluding carboxylic acids is 2. The van der Waals surface area contributed by atoms with Crippen molar-refractivity contribution in [2.24, 2.45) is 0 Å². The number of hydrogen-bond acceptors (Lipinski definition) is 11. The maximum atomic E-state index is 12.9. The number of carbonyl (C=O) groups is 2. The van der Waals surface area contributed by atoms with Crippen LogP contribution in [0.4, 0.5) is 0 Å². The molecule has 1 aliphatic rings. The van der Waals surface area contributed by atoms with Gasteiger partial charge in [0.15, 0.2) is 12.4 Å². The zero-order valence-corrected chi connectivity index (χ0v) is 41.5. The van der Waals surface area contributed by atoms with Crippen molar-refractivity contribution < 1.29 is 56.8 Å². The van der Waals surface area contributed by atoms with Crippen LogP contribution in [-0.4, -0.2) is 96.0 Å². The minimum Gasteiger partial charge on any atom is -0.462 e. The third-order valence-electron chi connectivity index (χ3n) is 12.4. The minimum absolute atomic E-state index is 0.140. The Morgan fingerprint density at radius 2 is 0.922 bits per heavy atom. The maximum absolute atomic E-state index is 12.9. The zero-order chi connectivity index (χ0) is 46.9. The van der Waals surface area contributed by atoms with Gasteiger partial charge in [0.25, 0.3) is 10.1 Å². The van der Waals surface area contributed by atoms with Crippen molar-refractivity contribution >= 4 is 22.1 Å². The standard InChI is InChI=1S/C51H96O12S/c1-3-5-7-9-11-13-15-17-19-20-21-22-23-24-26-28-30-32-34-36-38-40-47(53)62-44(42-61-51-50(56)49(55)48(54)45(63-51)43-64(57,58)59)41-60-46(52)39-37-35-33-31-29-27-25-18-16-14-12-10-8-6-4-2/h33,35,44-45,48-51,54-56H,3-32,34,36-43H2,1-2H3,(H,57,58,59)/b35-33+/t44-,45-,48-,49?,50?,51+/m1/s1. The molecule has 1 saturated heterocycles. The second kappa shape index (κ2) is 41.6. The molecule has 0 aromatic heterocycles.